The summed E-state index contributed by atoms with van der Waals surface area (Å²) in [4.78, 5) is 0. The Labute approximate surface area is 158 Å². The minimum Gasteiger partial charge on any atom is -0.0651 e. The maximum atomic E-state index is 3.45. The van der Waals surface area contributed by atoms with Crippen LogP contribution >= 0.6 is 0 Å². The first-order chi connectivity index (χ1) is 12.9. The molecule has 0 aromatic heterocycles. The second-order valence-electron chi connectivity index (χ2n) is 6.08. The van der Waals surface area contributed by atoms with Crippen molar-refractivity contribution in [2.75, 3.05) is 0 Å². The van der Waals surface area contributed by atoms with Crippen molar-refractivity contribution in [2.45, 2.75) is 0 Å². The molecular weight excluding hydrogens is 312 g/mol. The summed E-state index contributed by atoms with van der Waals surface area (Å²) in [5, 5.41) is 0. The van der Waals surface area contributed by atoms with E-state index in [1.807, 2.05) is 12.1 Å². The number of rotatable bonds is 4. The minimum atomic E-state index is 1.05. The van der Waals surface area contributed by atoms with Crippen molar-refractivity contribution >= 4 is 11.1 Å². The SMILES string of the molecule is C(=C=C([C]1[CH][CH][CH][CH]1)c1ccccc1)=C([C]1[CH][CH][CH][CH]1)c1ccccc1. The van der Waals surface area contributed by atoms with Crippen LogP contribution in [0.15, 0.2) is 72.1 Å². The van der Waals surface area contributed by atoms with Crippen molar-refractivity contribution in [3.63, 3.8) is 0 Å². The van der Waals surface area contributed by atoms with Gasteiger partial charge in [-0.25, -0.2) is 0 Å². The molecule has 2 aromatic rings. The van der Waals surface area contributed by atoms with Crippen molar-refractivity contribution < 1.29 is 0 Å². The summed E-state index contributed by atoms with van der Waals surface area (Å²) in [7, 11) is 0. The number of hydrogen-bond acceptors (Lipinski definition) is 0. The lowest BCUT2D eigenvalue weighted by Crippen LogP contribution is -1.97. The smallest absolute Gasteiger partial charge is 0.0216 e. The Kier molecular flexibility index (Phi) is 5.56. The first kappa shape index (κ1) is 17.2. The molecule has 0 nitrogen and oxygen atoms in total. The van der Waals surface area contributed by atoms with Gasteiger partial charge in [0.05, 0.1) is 0 Å². The molecule has 0 heteroatoms. The number of benzene rings is 2. The Balaban J connectivity index is 1.85. The lowest BCUT2D eigenvalue weighted by molar-refractivity contribution is 1.37. The lowest BCUT2D eigenvalue weighted by atomic mass is 9.90. The van der Waals surface area contributed by atoms with E-state index in [1.54, 1.807) is 0 Å². The summed E-state index contributed by atoms with van der Waals surface area (Å²) in [6.07, 6.45) is 16.7. The minimum absolute atomic E-state index is 1.05. The zero-order valence-corrected chi connectivity index (χ0v) is 14.4. The van der Waals surface area contributed by atoms with Gasteiger partial charge in [0.1, 0.15) is 0 Å². The van der Waals surface area contributed by atoms with Gasteiger partial charge in [0.15, 0.2) is 0 Å². The van der Waals surface area contributed by atoms with Crippen LogP contribution in [-0.4, -0.2) is 0 Å². The van der Waals surface area contributed by atoms with Crippen LogP contribution in [0, 0.1) is 63.2 Å². The van der Waals surface area contributed by atoms with E-state index in [9.17, 15) is 0 Å². The largest absolute Gasteiger partial charge is 0.0651 e. The van der Waals surface area contributed by atoms with Crippen LogP contribution in [0.1, 0.15) is 11.1 Å². The van der Waals surface area contributed by atoms with Gasteiger partial charge in [0.2, 0.25) is 0 Å². The van der Waals surface area contributed by atoms with Crippen molar-refractivity contribution in [1.29, 1.82) is 0 Å². The quantitative estimate of drug-likeness (QED) is 0.629. The molecule has 0 bridgehead atoms. The first-order valence-electron chi connectivity index (χ1n) is 8.73. The molecule has 0 amide bonds. The highest BCUT2D eigenvalue weighted by molar-refractivity contribution is 5.85. The van der Waals surface area contributed by atoms with E-state index in [-0.39, 0.29) is 0 Å². The predicted molar refractivity (Wildman–Crippen MR) is 108 cm³/mol. The highest BCUT2D eigenvalue weighted by Crippen LogP contribution is 2.37. The van der Waals surface area contributed by atoms with E-state index in [0.29, 0.717) is 0 Å². The molecule has 2 saturated carbocycles. The molecule has 2 aliphatic carbocycles. The van der Waals surface area contributed by atoms with Crippen LogP contribution < -0.4 is 0 Å². The van der Waals surface area contributed by atoms with Crippen molar-refractivity contribution in [3.05, 3.63) is 146 Å². The fourth-order valence-electron chi connectivity index (χ4n) is 3.04. The standard InChI is InChI=1S/C26H18/c1-3-11-21(12-4-1)25(23-15-7-8-16-23)19-20-26(24-17-9-10-18-24)22-13-5-2-6-14-22/h1-18H. The van der Waals surface area contributed by atoms with Gasteiger partial charge in [-0.1, -0.05) is 72.1 Å². The van der Waals surface area contributed by atoms with Crippen molar-refractivity contribution in [1.82, 2.24) is 0 Å². The van der Waals surface area contributed by atoms with Crippen LogP contribution in [0.2, 0.25) is 0 Å². The molecular formula is C26H18. The Morgan fingerprint density at radius 2 is 0.808 bits per heavy atom. The Bertz CT molecular complexity index is 731. The van der Waals surface area contributed by atoms with E-state index < -0.39 is 0 Å². The molecule has 0 aliphatic heterocycles. The van der Waals surface area contributed by atoms with Crippen molar-refractivity contribution in [3.8, 4) is 0 Å². The summed E-state index contributed by atoms with van der Waals surface area (Å²) in [5.41, 5.74) is 11.3. The second-order valence-corrected chi connectivity index (χ2v) is 6.08. The van der Waals surface area contributed by atoms with Gasteiger partial charge in [-0.2, -0.15) is 0 Å². The fraction of sp³-hybridized carbons (Fsp3) is 0. The molecule has 0 spiro atoms. The molecule has 0 N–H and O–H groups in total. The molecule has 10 radical (unpaired) electrons. The molecule has 2 aromatic carbocycles. The van der Waals surface area contributed by atoms with Crippen molar-refractivity contribution in [2.24, 2.45) is 0 Å². The van der Waals surface area contributed by atoms with E-state index in [0.717, 1.165) is 34.1 Å². The summed E-state index contributed by atoms with van der Waals surface area (Å²) in [5.74, 6) is 2.30. The predicted octanol–water partition coefficient (Wildman–Crippen LogP) is 5.72. The van der Waals surface area contributed by atoms with Crippen LogP contribution in [0.5, 0.6) is 0 Å². The third-order valence-electron chi connectivity index (χ3n) is 4.34. The zero-order valence-electron chi connectivity index (χ0n) is 14.4. The van der Waals surface area contributed by atoms with Gasteiger partial charge < -0.3 is 0 Å². The molecule has 2 aliphatic rings. The highest BCUT2D eigenvalue weighted by Gasteiger charge is 2.24. The summed E-state index contributed by atoms with van der Waals surface area (Å²) >= 11 is 0. The van der Waals surface area contributed by atoms with E-state index in [2.05, 4.69) is 111 Å². The maximum absolute atomic E-state index is 3.45. The van der Waals surface area contributed by atoms with Crippen LogP contribution in [0.4, 0.5) is 0 Å². The molecule has 122 valence electrons. The van der Waals surface area contributed by atoms with E-state index in [4.69, 9.17) is 0 Å². The monoisotopic (exact) mass is 330 g/mol. The summed E-state index contributed by atoms with van der Waals surface area (Å²) in [6, 6.07) is 20.7. The normalized spacial score (nSPS) is 17.7. The fourth-order valence-corrected chi connectivity index (χ4v) is 3.04. The lowest BCUT2D eigenvalue weighted by Gasteiger charge is -2.12. The Hall–Kier alpha value is -2.26. The number of hydrogen-bond donors (Lipinski definition) is 0. The Morgan fingerprint density at radius 3 is 1.15 bits per heavy atom. The zero-order chi connectivity index (χ0) is 17.6. The summed E-state index contributed by atoms with van der Waals surface area (Å²) in [6.45, 7) is 0. The Morgan fingerprint density at radius 1 is 0.462 bits per heavy atom. The molecule has 2 fully saturated rings. The van der Waals surface area contributed by atoms with E-state index in [1.165, 1.54) is 0 Å². The average Bonchev–Trinajstić information content (AvgIpc) is 3.41. The van der Waals surface area contributed by atoms with Gasteiger partial charge in [0.25, 0.3) is 0 Å². The molecule has 0 heterocycles. The molecule has 4 rings (SSSR count). The first-order valence-corrected chi connectivity index (χ1v) is 8.73. The highest BCUT2D eigenvalue weighted by atomic mass is 14.3. The molecule has 0 unspecified atom stereocenters. The van der Waals surface area contributed by atoms with Crippen LogP contribution in [0.25, 0.3) is 11.1 Å². The molecule has 0 saturated heterocycles. The van der Waals surface area contributed by atoms with Gasteiger partial charge >= 0.3 is 0 Å². The van der Waals surface area contributed by atoms with E-state index >= 15 is 0 Å². The molecule has 0 atom stereocenters. The van der Waals surface area contributed by atoms with Crippen LogP contribution in [-0.2, 0) is 0 Å². The van der Waals surface area contributed by atoms with Gasteiger partial charge in [-0.15, -0.1) is 0 Å². The van der Waals surface area contributed by atoms with Crippen LogP contribution in [0.3, 0.4) is 0 Å². The maximum Gasteiger partial charge on any atom is 0.0216 e. The summed E-state index contributed by atoms with van der Waals surface area (Å²) < 4.78 is 0. The number of allylic oxidation sites excluding steroid dienone is 2. The third-order valence-corrected chi connectivity index (χ3v) is 4.34. The second kappa shape index (κ2) is 8.41. The molecule has 26 heavy (non-hydrogen) atoms. The third kappa shape index (κ3) is 3.94. The average molecular weight is 330 g/mol. The van der Waals surface area contributed by atoms with Gasteiger partial charge in [-0.05, 0) is 62.5 Å². The topological polar surface area (TPSA) is 0 Å². The van der Waals surface area contributed by atoms with Gasteiger partial charge in [0, 0.05) is 23.0 Å². The van der Waals surface area contributed by atoms with Gasteiger partial charge in [-0.3, -0.25) is 0 Å².